The van der Waals surface area contributed by atoms with Gasteiger partial charge in [-0.2, -0.15) is 0 Å². The lowest BCUT2D eigenvalue weighted by Gasteiger charge is -2.03. The summed E-state index contributed by atoms with van der Waals surface area (Å²) in [5.41, 5.74) is 0.899. The number of halogens is 1. The van der Waals surface area contributed by atoms with E-state index in [9.17, 15) is 9.59 Å². The lowest BCUT2D eigenvalue weighted by molar-refractivity contribution is -0.136. The molecule has 0 heterocycles. The summed E-state index contributed by atoms with van der Waals surface area (Å²) in [5.74, 6) is -1.08. The zero-order chi connectivity index (χ0) is 12.0. The van der Waals surface area contributed by atoms with Gasteiger partial charge in [-0.3, -0.25) is 9.59 Å². The number of carboxylic acids is 1. The Morgan fingerprint density at radius 1 is 1.25 bits per heavy atom. The maximum Gasteiger partial charge on any atom is 0.305 e. The Labute approximate surface area is 102 Å². The molecule has 0 saturated carbocycles. The van der Waals surface area contributed by atoms with Gasteiger partial charge in [0.2, 0.25) is 5.91 Å². The third-order valence-electron chi connectivity index (χ3n) is 1.94. The highest BCUT2D eigenvalue weighted by molar-refractivity contribution is 9.10. The van der Waals surface area contributed by atoms with E-state index >= 15 is 0 Å². The third-order valence-corrected chi connectivity index (χ3v) is 2.47. The normalized spacial score (nSPS) is 9.81. The van der Waals surface area contributed by atoms with Crippen molar-refractivity contribution in [2.45, 2.75) is 12.8 Å². The first-order chi connectivity index (χ1) is 7.58. The van der Waals surface area contributed by atoms with Crippen LogP contribution in [0.25, 0.3) is 0 Å². The van der Waals surface area contributed by atoms with E-state index in [0.717, 1.165) is 10.0 Å². The second-order valence-corrected chi connectivity index (χ2v) is 4.21. The average molecular weight is 286 g/mol. The summed E-state index contributed by atoms with van der Waals surface area (Å²) in [7, 11) is 0. The van der Waals surface area contributed by atoms with Crippen LogP contribution in [0.4, 0.5) is 0 Å². The minimum Gasteiger partial charge on any atom is -0.481 e. The van der Waals surface area contributed by atoms with Crippen LogP contribution in [0.5, 0.6) is 0 Å². The Balaban J connectivity index is 2.34. The summed E-state index contributed by atoms with van der Waals surface area (Å²) in [6.07, 6.45) is 0.221. The SMILES string of the molecule is O=C(O)CCNC(=O)Cc1ccc(Br)cc1. The van der Waals surface area contributed by atoms with Gasteiger partial charge in [0.05, 0.1) is 12.8 Å². The molecule has 16 heavy (non-hydrogen) atoms. The van der Waals surface area contributed by atoms with Gasteiger partial charge < -0.3 is 10.4 Å². The van der Waals surface area contributed by atoms with Crippen molar-refractivity contribution in [2.75, 3.05) is 6.54 Å². The topological polar surface area (TPSA) is 66.4 Å². The highest BCUT2D eigenvalue weighted by Gasteiger charge is 2.03. The molecule has 0 aromatic heterocycles. The molecule has 0 saturated heterocycles. The third kappa shape index (κ3) is 4.93. The second kappa shape index (κ2) is 6.27. The van der Waals surface area contributed by atoms with Gasteiger partial charge in [-0.15, -0.1) is 0 Å². The van der Waals surface area contributed by atoms with E-state index in [-0.39, 0.29) is 25.3 Å². The Morgan fingerprint density at radius 2 is 1.88 bits per heavy atom. The predicted octanol–water partition coefficient (Wildman–Crippen LogP) is 1.58. The molecule has 0 aliphatic rings. The Morgan fingerprint density at radius 3 is 2.44 bits per heavy atom. The number of carbonyl (C=O) groups excluding carboxylic acids is 1. The zero-order valence-electron chi connectivity index (χ0n) is 8.57. The number of hydrogen-bond acceptors (Lipinski definition) is 2. The van der Waals surface area contributed by atoms with Crippen molar-refractivity contribution in [1.82, 2.24) is 5.32 Å². The highest BCUT2D eigenvalue weighted by atomic mass is 79.9. The van der Waals surface area contributed by atoms with Crippen LogP contribution in [0, 0.1) is 0 Å². The van der Waals surface area contributed by atoms with Crippen LogP contribution in [0.1, 0.15) is 12.0 Å². The molecule has 0 aliphatic carbocycles. The van der Waals surface area contributed by atoms with Gasteiger partial charge in [-0.05, 0) is 17.7 Å². The van der Waals surface area contributed by atoms with Crippen molar-refractivity contribution < 1.29 is 14.7 Å². The first kappa shape index (κ1) is 12.7. The largest absolute Gasteiger partial charge is 0.481 e. The van der Waals surface area contributed by atoms with Gasteiger partial charge in [-0.25, -0.2) is 0 Å². The van der Waals surface area contributed by atoms with Crippen LogP contribution in [-0.4, -0.2) is 23.5 Å². The van der Waals surface area contributed by atoms with E-state index < -0.39 is 5.97 Å². The molecule has 0 fully saturated rings. The molecule has 86 valence electrons. The maximum absolute atomic E-state index is 11.4. The predicted molar refractivity (Wildman–Crippen MR) is 63.1 cm³/mol. The van der Waals surface area contributed by atoms with Crippen molar-refractivity contribution in [3.8, 4) is 0 Å². The Kier molecular flexibility index (Phi) is 4.98. The summed E-state index contributed by atoms with van der Waals surface area (Å²) in [4.78, 5) is 21.6. The number of amides is 1. The van der Waals surface area contributed by atoms with Crippen LogP contribution in [-0.2, 0) is 16.0 Å². The number of hydrogen-bond donors (Lipinski definition) is 2. The fourth-order valence-corrected chi connectivity index (χ4v) is 1.42. The smallest absolute Gasteiger partial charge is 0.305 e. The summed E-state index contributed by atoms with van der Waals surface area (Å²) in [5, 5.41) is 10.9. The number of carboxylic acid groups (broad SMARTS) is 1. The molecule has 5 heteroatoms. The van der Waals surface area contributed by atoms with Crippen LogP contribution in [0.15, 0.2) is 28.7 Å². The minimum atomic E-state index is -0.913. The van der Waals surface area contributed by atoms with Crippen molar-refractivity contribution >= 4 is 27.8 Å². The van der Waals surface area contributed by atoms with Crippen molar-refractivity contribution in [3.63, 3.8) is 0 Å². The van der Waals surface area contributed by atoms with Gasteiger partial charge in [-0.1, -0.05) is 28.1 Å². The summed E-state index contributed by atoms with van der Waals surface area (Å²) >= 11 is 3.30. The molecule has 1 aromatic rings. The molecule has 0 bridgehead atoms. The summed E-state index contributed by atoms with van der Waals surface area (Å²) in [6.45, 7) is 0.171. The van der Waals surface area contributed by atoms with Crippen LogP contribution < -0.4 is 5.32 Å². The van der Waals surface area contributed by atoms with E-state index in [1.54, 1.807) is 0 Å². The summed E-state index contributed by atoms with van der Waals surface area (Å²) < 4.78 is 0.961. The lowest BCUT2D eigenvalue weighted by atomic mass is 10.1. The average Bonchev–Trinajstić information content (AvgIpc) is 2.21. The molecular formula is C11H12BrNO3. The lowest BCUT2D eigenvalue weighted by Crippen LogP contribution is -2.27. The van der Waals surface area contributed by atoms with E-state index in [4.69, 9.17) is 5.11 Å². The second-order valence-electron chi connectivity index (χ2n) is 3.30. The highest BCUT2D eigenvalue weighted by Crippen LogP contribution is 2.10. The van der Waals surface area contributed by atoms with E-state index in [2.05, 4.69) is 21.2 Å². The minimum absolute atomic E-state index is 0.0495. The quantitative estimate of drug-likeness (QED) is 0.863. The van der Waals surface area contributed by atoms with Gasteiger partial charge in [0.15, 0.2) is 0 Å². The maximum atomic E-state index is 11.4. The Hall–Kier alpha value is -1.36. The van der Waals surface area contributed by atoms with Crippen LogP contribution in [0.3, 0.4) is 0 Å². The number of nitrogens with one attached hydrogen (secondary N) is 1. The molecule has 4 nitrogen and oxygen atoms in total. The first-order valence-electron chi connectivity index (χ1n) is 4.81. The first-order valence-corrected chi connectivity index (χ1v) is 5.60. The monoisotopic (exact) mass is 285 g/mol. The molecule has 1 aromatic carbocycles. The van der Waals surface area contributed by atoms with Gasteiger partial charge in [0.1, 0.15) is 0 Å². The van der Waals surface area contributed by atoms with Crippen molar-refractivity contribution in [2.24, 2.45) is 0 Å². The zero-order valence-corrected chi connectivity index (χ0v) is 10.2. The molecular weight excluding hydrogens is 274 g/mol. The Bertz CT molecular complexity index is 375. The molecule has 1 rings (SSSR count). The van der Waals surface area contributed by atoms with Crippen LogP contribution in [0.2, 0.25) is 0 Å². The molecule has 0 aliphatic heterocycles. The molecule has 0 radical (unpaired) electrons. The number of rotatable bonds is 5. The fraction of sp³-hybridized carbons (Fsp3) is 0.273. The van der Waals surface area contributed by atoms with E-state index in [0.29, 0.717) is 0 Å². The van der Waals surface area contributed by atoms with Crippen molar-refractivity contribution in [3.05, 3.63) is 34.3 Å². The van der Waals surface area contributed by atoms with Crippen LogP contribution >= 0.6 is 15.9 Å². The van der Waals surface area contributed by atoms with E-state index in [1.165, 1.54) is 0 Å². The van der Waals surface area contributed by atoms with Gasteiger partial charge in [0, 0.05) is 11.0 Å². The van der Waals surface area contributed by atoms with E-state index in [1.807, 2.05) is 24.3 Å². The molecule has 2 N–H and O–H groups in total. The molecule has 0 spiro atoms. The molecule has 1 amide bonds. The summed E-state index contributed by atoms with van der Waals surface area (Å²) in [6, 6.07) is 7.42. The number of benzene rings is 1. The number of aliphatic carboxylic acids is 1. The standard InChI is InChI=1S/C11H12BrNO3/c12-9-3-1-8(2-4-9)7-10(14)13-6-5-11(15)16/h1-4H,5-7H2,(H,13,14)(H,15,16). The molecule has 0 unspecified atom stereocenters. The van der Waals surface area contributed by atoms with Gasteiger partial charge >= 0.3 is 5.97 Å². The van der Waals surface area contributed by atoms with Gasteiger partial charge in [0.25, 0.3) is 0 Å². The van der Waals surface area contributed by atoms with Crippen molar-refractivity contribution in [1.29, 1.82) is 0 Å². The number of carbonyl (C=O) groups is 2. The molecule has 0 atom stereocenters. The fourth-order valence-electron chi connectivity index (χ4n) is 1.16.